The lowest BCUT2D eigenvalue weighted by Crippen LogP contribution is -2.53. The van der Waals surface area contributed by atoms with Crippen LogP contribution in [0.25, 0.3) is 0 Å². The lowest BCUT2D eigenvalue weighted by molar-refractivity contribution is -0.152. The number of ether oxygens (including phenoxy) is 2. The summed E-state index contributed by atoms with van der Waals surface area (Å²) in [6.07, 6.45) is 1.80. The molecule has 2 amide bonds. The topological polar surface area (TPSA) is 76.2 Å². The van der Waals surface area contributed by atoms with Crippen LogP contribution in [0.15, 0.2) is 30.3 Å². The van der Waals surface area contributed by atoms with E-state index in [1.807, 2.05) is 30.3 Å². The molecule has 1 heterocycles. The van der Waals surface area contributed by atoms with Crippen molar-refractivity contribution in [1.82, 2.24) is 9.80 Å². The first-order chi connectivity index (χ1) is 13.6. The summed E-state index contributed by atoms with van der Waals surface area (Å²) in [5.74, 6) is -0.667. The van der Waals surface area contributed by atoms with Crippen LogP contribution in [-0.2, 0) is 25.5 Å². The number of nitrogens with zero attached hydrogens (tertiary/aromatic N) is 2. The number of amides is 2. The van der Waals surface area contributed by atoms with Gasteiger partial charge in [-0.3, -0.25) is 9.69 Å². The maximum absolute atomic E-state index is 13.4. The molecule has 1 aromatic carbocycles. The van der Waals surface area contributed by atoms with Gasteiger partial charge in [0.15, 0.2) is 0 Å². The zero-order chi connectivity index (χ0) is 21.6. The third-order valence-corrected chi connectivity index (χ3v) is 4.99. The van der Waals surface area contributed by atoms with E-state index in [-0.39, 0.29) is 5.91 Å². The first-order valence-corrected chi connectivity index (χ1v) is 10.0. The Labute approximate surface area is 172 Å². The van der Waals surface area contributed by atoms with Gasteiger partial charge in [0.2, 0.25) is 5.91 Å². The minimum Gasteiger partial charge on any atom is -0.467 e. The summed E-state index contributed by atoms with van der Waals surface area (Å²) in [7, 11) is 2.90. The van der Waals surface area contributed by atoms with E-state index in [2.05, 4.69) is 0 Å². The molecule has 1 aliphatic heterocycles. The summed E-state index contributed by atoms with van der Waals surface area (Å²) in [6.45, 7) is 5.83. The lowest BCUT2D eigenvalue weighted by Gasteiger charge is -2.33. The Morgan fingerprint density at radius 1 is 1.21 bits per heavy atom. The highest BCUT2D eigenvalue weighted by Gasteiger charge is 2.40. The SMILES string of the molecule is COC(=O)[C@@H]1CCCN1C(=O)[C@@H](CCc1ccccc1)N(C)C(=O)OC(C)(C)C. The van der Waals surface area contributed by atoms with E-state index in [1.165, 1.54) is 12.0 Å². The first kappa shape index (κ1) is 22.7. The van der Waals surface area contributed by atoms with Crippen LogP contribution in [0.4, 0.5) is 4.79 Å². The van der Waals surface area contributed by atoms with E-state index in [4.69, 9.17) is 9.47 Å². The Balaban J connectivity index is 2.21. The van der Waals surface area contributed by atoms with Crippen LogP contribution in [0.5, 0.6) is 0 Å². The third kappa shape index (κ3) is 6.21. The molecule has 29 heavy (non-hydrogen) atoms. The van der Waals surface area contributed by atoms with Crippen molar-refractivity contribution in [2.75, 3.05) is 20.7 Å². The van der Waals surface area contributed by atoms with Gasteiger partial charge in [-0.25, -0.2) is 9.59 Å². The summed E-state index contributed by atoms with van der Waals surface area (Å²) in [5, 5.41) is 0. The summed E-state index contributed by atoms with van der Waals surface area (Å²) in [5.41, 5.74) is 0.412. The fraction of sp³-hybridized carbons (Fsp3) is 0.591. The molecule has 7 heteroatoms. The van der Waals surface area contributed by atoms with Crippen molar-refractivity contribution in [2.45, 2.75) is 64.1 Å². The van der Waals surface area contributed by atoms with Crippen LogP contribution in [0.1, 0.15) is 45.6 Å². The van der Waals surface area contributed by atoms with E-state index in [1.54, 1.807) is 32.7 Å². The molecule has 0 saturated carbocycles. The van der Waals surface area contributed by atoms with Crippen molar-refractivity contribution in [3.63, 3.8) is 0 Å². The van der Waals surface area contributed by atoms with Crippen LogP contribution in [0.3, 0.4) is 0 Å². The molecule has 0 bridgehead atoms. The fourth-order valence-electron chi connectivity index (χ4n) is 3.49. The largest absolute Gasteiger partial charge is 0.467 e. The number of esters is 1. The number of hydrogen-bond acceptors (Lipinski definition) is 5. The van der Waals surface area contributed by atoms with E-state index in [9.17, 15) is 14.4 Å². The number of carbonyl (C=O) groups excluding carboxylic acids is 3. The molecule has 0 spiro atoms. The summed E-state index contributed by atoms with van der Waals surface area (Å²) >= 11 is 0. The van der Waals surface area contributed by atoms with Crippen molar-refractivity contribution < 1.29 is 23.9 Å². The van der Waals surface area contributed by atoms with Gasteiger partial charge in [-0.2, -0.15) is 0 Å². The van der Waals surface area contributed by atoms with Crippen LogP contribution in [0.2, 0.25) is 0 Å². The van der Waals surface area contributed by atoms with E-state index >= 15 is 0 Å². The number of likely N-dealkylation sites (N-methyl/N-ethyl adjacent to an activating group) is 1. The smallest absolute Gasteiger partial charge is 0.410 e. The van der Waals surface area contributed by atoms with Gasteiger partial charge in [0.1, 0.15) is 17.7 Å². The van der Waals surface area contributed by atoms with Crippen molar-refractivity contribution in [1.29, 1.82) is 0 Å². The van der Waals surface area contributed by atoms with Crippen LogP contribution in [0, 0.1) is 0 Å². The molecule has 0 unspecified atom stereocenters. The van der Waals surface area contributed by atoms with Crippen molar-refractivity contribution in [3.8, 4) is 0 Å². The predicted molar refractivity (Wildman–Crippen MR) is 109 cm³/mol. The second-order valence-electron chi connectivity index (χ2n) is 8.34. The highest BCUT2D eigenvalue weighted by molar-refractivity contribution is 5.90. The number of hydrogen-bond donors (Lipinski definition) is 0. The Morgan fingerprint density at radius 2 is 1.86 bits per heavy atom. The monoisotopic (exact) mass is 404 g/mol. The molecule has 2 rings (SSSR count). The quantitative estimate of drug-likeness (QED) is 0.681. The number of benzene rings is 1. The molecular formula is C22H32N2O5. The molecule has 1 aliphatic rings. The molecule has 0 N–H and O–H groups in total. The van der Waals surface area contributed by atoms with Gasteiger partial charge < -0.3 is 14.4 Å². The van der Waals surface area contributed by atoms with E-state index in [0.717, 1.165) is 12.0 Å². The Bertz CT molecular complexity index is 714. The summed E-state index contributed by atoms with van der Waals surface area (Å²) < 4.78 is 10.3. The summed E-state index contributed by atoms with van der Waals surface area (Å²) in [4.78, 5) is 41.0. The molecule has 7 nitrogen and oxygen atoms in total. The molecule has 1 fully saturated rings. The Morgan fingerprint density at radius 3 is 2.45 bits per heavy atom. The second-order valence-corrected chi connectivity index (χ2v) is 8.34. The standard InChI is InChI=1S/C22H32N2O5/c1-22(2,3)29-21(27)23(4)17(14-13-16-10-7-6-8-11-16)19(25)24-15-9-12-18(24)20(26)28-5/h6-8,10-11,17-18H,9,12-15H2,1-5H3/t17-,18+/m1/s1. The van der Waals surface area contributed by atoms with Crippen molar-refractivity contribution in [2.24, 2.45) is 0 Å². The van der Waals surface area contributed by atoms with E-state index in [0.29, 0.717) is 25.8 Å². The highest BCUT2D eigenvalue weighted by Crippen LogP contribution is 2.23. The van der Waals surface area contributed by atoms with Crippen LogP contribution in [-0.4, -0.2) is 66.2 Å². The predicted octanol–water partition coefficient (Wildman–Crippen LogP) is 3.02. The molecule has 0 radical (unpaired) electrons. The van der Waals surface area contributed by atoms with Crippen LogP contribution < -0.4 is 0 Å². The van der Waals surface area contributed by atoms with Crippen molar-refractivity contribution >= 4 is 18.0 Å². The van der Waals surface area contributed by atoms with Gasteiger partial charge in [-0.1, -0.05) is 30.3 Å². The molecule has 2 atom stereocenters. The normalized spacial score (nSPS) is 17.6. The fourth-order valence-corrected chi connectivity index (χ4v) is 3.49. The average molecular weight is 405 g/mol. The van der Waals surface area contributed by atoms with Gasteiger partial charge in [0.25, 0.3) is 0 Å². The second kappa shape index (κ2) is 9.76. The number of likely N-dealkylation sites (tertiary alicyclic amines) is 1. The molecule has 1 aromatic rings. The average Bonchev–Trinajstić information content (AvgIpc) is 3.16. The number of aryl methyl sites for hydroxylation is 1. The summed E-state index contributed by atoms with van der Waals surface area (Å²) in [6, 6.07) is 8.47. The Hall–Kier alpha value is -2.57. The maximum Gasteiger partial charge on any atom is 0.410 e. The minimum atomic E-state index is -0.727. The van der Waals surface area contributed by atoms with Gasteiger partial charge >= 0.3 is 12.1 Å². The number of methoxy groups -OCH3 is 1. The molecule has 0 aromatic heterocycles. The lowest BCUT2D eigenvalue weighted by atomic mass is 10.0. The highest BCUT2D eigenvalue weighted by atomic mass is 16.6. The molecular weight excluding hydrogens is 372 g/mol. The minimum absolute atomic E-state index is 0.248. The molecule has 0 aliphatic carbocycles. The molecule has 160 valence electrons. The zero-order valence-corrected chi connectivity index (χ0v) is 18.0. The van der Waals surface area contributed by atoms with Gasteiger partial charge in [-0.15, -0.1) is 0 Å². The van der Waals surface area contributed by atoms with Gasteiger partial charge in [0, 0.05) is 13.6 Å². The van der Waals surface area contributed by atoms with Gasteiger partial charge in [0.05, 0.1) is 7.11 Å². The van der Waals surface area contributed by atoms with E-state index < -0.39 is 29.7 Å². The molecule has 1 saturated heterocycles. The number of rotatable bonds is 6. The Kier molecular flexibility index (Phi) is 7.65. The maximum atomic E-state index is 13.4. The van der Waals surface area contributed by atoms with Crippen molar-refractivity contribution in [3.05, 3.63) is 35.9 Å². The van der Waals surface area contributed by atoms with Gasteiger partial charge in [-0.05, 0) is 52.0 Å². The third-order valence-electron chi connectivity index (χ3n) is 4.99. The first-order valence-electron chi connectivity index (χ1n) is 10.0. The number of carbonyl (C=O) groups is 3. The zero-order valence-electron chi connectivity index (χ0n) is 18.0. The van der Waals surface area contributed by atoms with Crippen LogP contribution >= 0.6 is 0 Å².